The van der Waals surface area contributed by atoms with Gasteiger partial charge in [-0.05, 0) is 62.5 Å². The van der Waals surface area contributed by atoms with Crippen LogP contribution in [0.2, 0.25) is 0 Å². The second-order valence-electron chi connectivity index (χ2n) is 18.4. The van der Waals surface area contributed by atoms with Crippen LogP contribution in [0.25, 0.3) is 21.9 Å². The van der Waals surface area contributed by atoms with E-state index in [9.17, 15) is 0 Å². The van der Waals surface area contributed by atoms with Crippen molar-refractivity contribution in [1.29, 1.82) is 0 Å². The fourth-order valence-electron chi connectivity index (χ4n) is 5.81. The molecule has 0 unspecified atom stereocenters. The zero-order chi connectivity index (χ0) is 34.9. The highest BCUT2D eigenvalue weighted by molar-refractivity contribution is 7.32. The summed E-state index contributed by atoms with van der Waals surface area (Å²) in [4.78, 5) is 4.97. The van der Waals surface area contributed by atoms with Crippen LogP contribution in [0.3, 0.4) is 0 Å². The van der Waals surface area contributed by atoms with Gasteiger partial charge in [-0.15, -0.1) is 0 Å². The quantitative estimate of drug-likeness (QED) is 0.220. The molecule has 0 aliphatic carbocycles. The van der Waals surface area contributed by atoms with E-state index in [2.05, 4.69) is 128 Å². The van der Waals surface area contributed by atoms with Crippen LogP contribution in [0.5, 0.6) is 5.75 Å². The van der Waals surface area contributed by atoms with E-state index in [0.29, 0.717) is 18.3 Å². The van der Waals surface area contributed by atoms with Gasteiger partial charge in [0.2, 0.25) is 5.90 Å². The highest BCUT2D eigenvalue weighted by Crippen LogP contribution is 2.46. The molecule has 2 heterocycles. The molecule has 47 heavy (non-hydrogen) atoms. The topological polar surface area (TPSA) is 57.1 Å². The molecule has 0 amide bonds. The zero-order valence-corrected chi connectivity index (χ0v) is 32.3. The molecule has 4 aromatic rings. The summed E-state index contributed by atoms with van der Waals surface area (Å²) in [5.41, 5.74) is 6.70. The van der Waals surface area contributed by atoms with Gasteiger partial charge >= 0.3 is 8.24 Å². The molecule has 0 bridgehead atoms. The molecule has 0 radical (unpaired) electrons. The van der Waals surface area contributed by atoms with Crippen molar-refractivity contribution in [3.8, 4) is 5.75 Å². The summed E-state index contributed by atoms with van der Waals surface area (Å²) in [5, 5.41) is 2.10. The average molecular weight is 658 g/mol. The Morgan fingerprint density at radius 2 is 1.11 bits per heavy atom. The second kappa shape index (κ2) is 11.8. The number of aliphatic imine (C=N–C) groups is 1. The molecule has 1 atom stereocenters. The maximum absolute atomic E-state index is 6.99. The number of para-hydroxylation sites is 1. The van der Waals surface area contributed by atoms with Gasteiger partial charge in [-0.3, -0.25) is 0 Å². The molecule has 1 aliphatic rings. The monoisotopic (exact) mass is 657 g/mol. The SMILES string of the molecule is CC(C)(C)c1cc(C(C)(C)C)c2op(Oc3ccccc3C3=N[C@@H](C(C)(C)C)CO3)oc3c(C(C)(C)C)cc(C(C)(C)C)cc3c2c1. The van der Waals surface area contributed by atoms with Gasteiger partial charge in [-0.2, -0.15) is 0 Å². The molecule has 254 valence electrons. The van der Waals surface area contributed by atoms with E-state index >= 15 is 0 Å². The van der Waals surface area contributed by atoms with Crippen LogP contribution in [-0.4, -0.2) is 18.5 Å². The molecule has 5 rings (SSSR count). The number of fused-ring (bicyclic) bond motifs is 3. The van der Waals surface area contributed by atoms with Crippen LogP contribution in [0, 0.1) is 5.41 Å². The van der Waals surface area contributed by atoms with Crippen LogP contribution in [0.1, 0.15) is 132 Å². The van der Waals surface area contributed by atoms with Crippen molar-refractivity contribution in [3.63, 3.8) is 0 Å². The number of hydrogen-bond acceptors (Lipinski definition) is 5. The highest BCUT2D eigenvalue weighted by Gasteiger charge is 2.33. The summed E-state index contributed by atoms with van der Waals surface area (Å²) < 4.78 is 27.0. The van der Waals surface area contributed by atoms with Gasteiger partial charge in [-0.1, -0.05) is 128 Å². The fraction of sp³-hybridized carbons (Fsp3) is 0.537. The van der Waals surface area contributed by atoms with E-state index in [1.165, 1.54) is 11.1 Å². The molecule has 1 aliphatic heterocycles. The minimum Gasteiger partial charge on any atom is -0.475 e. The first-order valence-corrected chi connectivity index (χ1v) is 18.1. The summed E-state index contributed by atoms with van der Waals surface area (Å²) in [6.07, 6.45) is 0. The van der Waals surface area contributed by atoms with E-state index in [4.69, 9.17) is 22.6 Å². The van der Waals surface area contributed by atoms with Gasteiger partial charge in [0.25, 0.3) is 0 Å². The Labute approximate surface area is 283 Å². The largest absolute Gasteiger partial charge is 0.475 e. The molecule has 3 aromatic carbocycles. The Balaban J connectivity index is 1.90. The Kier molecular flexibility index (Phi) is 8.79. The molecule has 1 aromatic heterocycles. The lowest BCUT2D eigenvalue weighted by Gasteiger charge is -2.27. The maximum Gasteiger partial charge on any atom is 0.453 e. The molecule has 0 spiro atoms. The van der Waals surface area contributed by atoms with Crippen molar-refractivity contribution in [2.45, 2.75) is 132 Å². The van der Waals surface area contributed by atoms with Crippen LogP contribution in [-0.2, 0) is 26.4 Å². The van der Waals surface area contributed by atoms with Crippen LogP contribution < -0.4 is 4.52 Å². The summed E-state index contributed by atoms with van der Waals surface area (Å²) in [6.45, 7) is 34.2. The Morgan fingerprint density at radius 1 is 0.638 bits per heavy atom. The summed E-state index contributed by atoms with van der Waals surface area (Å²) in [5.74, 6) is 1.23. The van der Waals surface area contributed by atoms with Crippen molar-refractivity contribution in [2.75, 3.05) is 6.61 Å². The number of nitrogens with zero attached hydrogens (tertiary/aromatic N) is 1. The van der Waals surface area contributed by atoms with Crippen LogP contribution in [0.4, 0.5) is 0 Å². The molecule has 0 saturated carbocycles. The average Bonchev–Trinajstić information content (AvgIpc) is 3.36. The van der Waals surface area contributed by atoms with Crippen molar-refractivity contribution < 1.29 is 17.7 Å². The number of rotatable bonds is 3. The van der Waals surface area contributed by atoms with Crippen molar-refractivity contribution in [2.24, 2.45) is 10.4 Å². The molecule has 0 saturated heterocycles. The van der Waals surface area contributed by atoms with Crippen molar-refractivity contribution >= 4 is 36.1 Å². The lowest BCUT2D eigenvalue weighted by atomic mass is 9.77. The van der Waals surface area contributed by atoms with Gasteiger partial charge in [0.1, 0.15) is 23.5 Å². The van der Waals surface area contributed by atoms with E-state index in [-0.39, 0.29) is 33.1 Å². The second-order valence-corrected chi connectivity index (χ2v) is 19.4. The van der Waals surface area contributed by atoms with E-state index < -0.39 is 8.24 Å². The standard InChI is InChI=1S/C41H56NO4P/c1-37(2,3)25-20-28-29-21-26(38(4,5)6)23-31(40(10,11)12)35(29)46-47(45-34(28)30(22-25)39(7,8)9)44-32-19-17-16-18-27(32)36-42-33(24-43-36)41(13,14)15/h16-23,33H,24H2,1-15H3/t33-/m1/s1. The van der Waals surface area contributed by atoms with Crippen molar-refractivity contribution in [1.82, 2.24) is 0 Å². The molecule has 0 N–H and O–H groups in total. The molecular formula is C41H56NO4P. The van der Waals surface area contributed by atoms with Gasteiger partial charge in [0.05, 0.1) is 11.6 Å². The number of ether oxygens (including phenoxy) is 1. The van der Waals surface area contributed by atoms with E-state index in [1.54, 1.807) is 0 Å². The third-order valence-electron chi connectivity index (χ3n) is 9.09. The Bertz CT molecular complexity index is 1790. The van der Waals surface area contributed by atoms with E-state index in [0.717, 1.165) is 38.6 Å². The summed E-state index contributed by atoms with van der Waals surface area (Å²) in [7, 11) is -1.92. The normalized spacial score (nSPS) is 16.4. The van der Waals surface area contributed by atoms with Gasteiger partial charge in [-0.25, -0.2) is 4.99 Å². The predicted octanol–water partition coefficient (Wildman–Crippen LogP) is 12.5. The predicted molar refractivity (Wildman–Crippen MR) is 199 cm³/mol. The maximum atomic E-state index is 6.99. The van der Waals surface area contributed by atoms with Crippen molar-refractivity contribution in [3.05, 3.63) is 76.3 Å². The smallest absolute Gasteiger partial charge is 0.453 e. The van der Waals surface area contributed by atoms with Gasteiger partial charge in [0, 0.05) is 21.9 Å². The minimum absolute atomic E-state index is 0.00685. The van der Waals surface area contributed by atoms with Gasteiger partial charge < -0.3 is 17.7 Å². The Hall–Kier alpha value is -3.17. The van der Waals surface area contributed by atoms with Crippen LogP contribution in [0.15, 0.2) is 61.9 Å². The lowest BCUT2D eigenvalue weighted by Crippen LogP contribution is -2.25. The molecular weight excluding hydrogens is 601 g/mol. The summed E-state index contributed by atoms with van der Waals surface area (Å²) >= 11 is 0. The molecule has 6 heteroatoms. The third-order valence-corrected chi connectivity index (χ3v) is 10.1. The molecule has 5 nitrogen and oxygen atoms in total. The number of benzene rings is 3. The van der Waals surface area contributed by atoms with E-state index in [1.807, 2.05) is 24.3 Å². The summed E-state index contributed by atoms with van der Waals surface area (Å²) in [6, 6.07) is 17.2. The van der Waals surface area contributed by atoms with Crippen LogP contribution >= 0.6 is 8.24 Å². The number of hydrogen-bond donors (Lipinski definition) is 0. The first-order chi connectivity index (χ1) is 21.4. The van der Waals surface area contributed by atoms with Gasteiger partial charge in [0.15, 0.2) is 0 Å². The minimum atomic E-state index is -1.92. The Morgan fingerprint density at radius 3 is 1.51 bits per heavy atom. The highest BCUT2D eigenvalue weighted by atomic mass is 31.1. The third kappa shape index (κ3) is 7.31. The first-order valence-electron chi connectivity index (χ1n) is 17.0. The lowest BCUT2D eigenvalue weighted by molar-refractivity contribution is 0.235. The zero-order valence-electron chi connectivity index (χ0n) is 31.4. The molecule has 0 fully saturated rings. The first kappa shape index (κ1) is 35.1. The fourth-order valence-corrected chi connectivity index (χ4v) is 6.93.